The second kappa shape index (κ2) is 9.58. The number of urea groups is 1. The molecule has 0 radical (unpaired) electrons. The number of carbonyl (C=O) groups excluding carboxylic acids is 1. The van der Waals surface area contributed by atoms with E-state index in [9.17, 15) is 9.59 Å². The zero-order valence-corrected chi connectivity index (χ0v) is 12.3. The zero-order valence-electron chi connectivity index (χ0n) is 12.3. The van der Waals surface area contributed by atoms with Gasteiger partial charge < -0.3 is 21.1 Å². The van der Waals surface area contributed by atoms with Crippen molar-refractivity contribution in [2.75, 3.05) is 26.2 Å². The maximum absolute atomic E-state index is 11.6. The fraction of sp³-hybridized carbons (Fsp3) is 0.857. The summed E-state index contributed by atoms with van der Waals surface area (Å²) in [7, 11) is 0. The number of rotatable bonds is 8. The Balaban J connectivity index is 2.03. The molecule has 6 nitrogen and oxygen atoms in total. The van der Waals surface area contributed by atoms with Gasteiger partial charge in [0.1, 0.15) is 0 Å². The lowest BCUT2D eigenvalue weighted by Crippen LogP contribution is -2.40. The van der Waals surface area contributed by atoms with Crippen molar-refractivity contribution in [3.63, 3.8) is 0 Å². The van der Waals surface area contributed by atoms with E-state index in [0.717, 1.165) is 45.2 Å². The second-order valence-corrected chi connectivity index (χ2v) is 5.40. The maximum Gasteiger partial charge on any atom is 0.314 e. The summed E-state index contributed by atoms with van der Waals surface area (Å²) < 4.78 is 0. The number of hydrogen-bond acceptors (Lipinski definition) is 3. The van der Waals surface area contributed by atoms with Crippen LogP contribution in [0.5, 0.6) is 0 Å². The molecular formula is C14H27N3O3. The van der Waals surface area contributed by atoms with Crippen molar-refractivity contribution < 1.29 is 14.7 Å². The standard InChI is InChI=1S/C14H27N3O3/c1-2-15-8-3-9-16-14(20)17-10-11-4-6-12(7-5-11)13(18)19/h11-12,15H,2-10H2,1H3,(H,18,19)(H2,16,17,20). The molecule has 0 aromatic carbocycles. The minimum atomic E-state index is -0.685. The van der Waals surface area contributed by atoms with Gasteiger partial charge in [-0.2, -0.15) is 0 Å². The smallest absolute Gasteiger partial charge is 0.314 e. The molecule has 2 amide bonds. The van der Waals surface area contributed by atoms with Crippen molar-refractivity contribution in [1.29, 1.82) is 0 Å². The molecule has 20 heavy (non-hydrogen) atoms. The molecule has 6 heteroatoms. The molecule has 1 fully saturated rings. The van der Waals surface area contributed by atoms with E-state index >= 15 is 0 Å². The molecule has 1 saturated carbocycles. The molecule has 0 unspecified atom stereocenters. The van der Waals surface area contributed by atoms with E-state index in [0.29, 0.717) is 19.0 Å². The molecular weight excluding hydrogens is 258 g/mol. The highest BCUT2D eigenvalue weighted by Crippen LogP contribution is 2.28. The monoisotopic (exact) mass is 285 g/mol. The third-order valence-electron chi connectivity index (χ3n) is 3.81. The van der Waals surface area contributed by atoms with E-state index in [-0.39, 0.29) is 11.9 Å². The van der Waals surface area contributed by atoms with Crippen molar-refractivity contribution in [1.82, 2.24) is 16.0 Å². The van der Waals surface area contributed by atoms with Gasteiger partial charge in [-0.3, -0.25) is 4.79 Å². The van der Waals surface area contributed by atoms with Crippen LogP contribution in [0.3, 0.4) is 0 Å². The number of amides is 2. The molecule has 0 spiro atoms. The first-order valence-corrected chi connectivity index (χ1v) is 7.58. The van der Waals surface area contributed by atoms with Crippen LogP contribution in [0.2, 0.25) is 0 Å². The lowest BCUT2D eigenvalue weighted by Gasteiger charge is -2.26. The lowest BCUT2D eigenvalue weighted by atomic mass is 9.82. The van der Waals surface area contributed by atoms with Crippen LogP contribution in [0.1, 0.15) is 39.0 Å². The average molecular weight is 285 g/mol. The highest BCUT2D eigenvalue weighted by atomic mass is 16.4. The highest BCUT2D eigenvalue weighted by Gasteiger charge is 2.25. The first-order valence-electron chi connectivity index (χ1n) is 7.58. The number of carboxylic acids is 1. The van der Waals surface area contributed by atoms with Crippen molar-refractivity contribution in [2.24, 2.45) is 11.8 Å². The van der Waals surface area contributed by atoms with Gasteiger partial charge in [-0.05, 0) is 51.1 Å². The van der Waals surface area contributed by atoms with Crippen molar-refractivity contribution in [3.8, 4) is 0 Å². The van der Waals surface area contributed by atoms with E-state index in [1.54, 1.807) is 0 Å². The van der Waals surface area contributed by atoms with Crippen LogP contribution in [0.15, 0.2) is 0 Å². The molecule has 1 aliphatic rings. The Morgan fingerprint density at radius 2 is 1.80 bits per heavy atom. The first kappa shape index (κ1) is 16.8. The van der Waals surface area contributed by atoms with Gasteiger partial charge >= 0.3 is 12.0 Å². The van der Waals surface area contributed by atoms with Crippen LogP contribution in [-0.4, -0.2) is 43.3 Å². The molecule has 0 aromatic heterocycles. The molecule has 1 rings (SSSR count). The SMILES string of the molecule is CCNCCCNC(=O)NCC1CCC(C(=O)O)CC1. The Morgan fingerprint density at radius 3 is 2.40 bits per heavy atom. The molecule has 4 N–H and O–H groups in total. The van der Waals surface area contributed by atoms with Gasteiger partial charge in [-0.15, -0.1) is 0 Å². The number of carboxylic acid groups (broad SMARTS) is 1. The van der Waals surface area contributed by atoms with Gasteiger partial charge in [-0.25, -0.2) is 4.79 Å². The maximum atomic E-state index is 11.6. The second-order valence-electron chi connectivity index (χ2n) is 5.40. The molecule has 0 saturated heterocycles. The molecule has 0 heterocycles. The zero-order chi connectivity index (χ0) is 14.8. The molecule has 1 aliphatic carbocycles. The van der Waals surface area contributed by atoms with Crippen LogP contribution in [0, 0.1) is 11.8 Å². The van der Waals surface area contributed by atoms with Crippen LogP contribution in [-0.2, 0) is 4.79 Å². The van der Waals surface area contributed by atoms with E-state index < -0.39 is 5.97 Å². The Bertz CT molecular complexity index is 302. The summed E-state index contributed by atoms with van der Waals surface area (Å²) >= 11 is 0. The summed E-state index contributed by atoms with van der Waals surface area (Å²) in [4.78, 5) is 22.4. The van der Waals surface area contributed by atoms with Gasteiger partial charge in [0, 0.05) is 13.1 Å². The fourth-order valence-electron chi connectivity index (χ4n) is 2.51. The van der Waals surface area contributed by atoms with Crippen LogP contribution in [0.25, 0.3) is 0 Å². The van der Waals surface area contributed by atoms with Gasteiger partial charge in [0.05, 0.1) is 5.92 Å². The Morgan fingerprint density at radius 1 is 1.10 bits per heavy atom. The summed E-state index contributed by atoms with van der Waals surface area (Å²) in [6.45, 7) is 5.23. The number of nitrogens with one attached hydrogen (secondary N) is 3. The van der Waals surface area contributed by atoms with Crippen LogP contribution < -0.4 is 16.0 Å². The molecule has 116 valence electrons. The van der Waals surface area contributed by atoms with E-state index in [4.69, 9.17) is 5.11 Å². The largest absolute Gasteiger partial charge is 0.481 e. The van der Waals surface area contributed by atoms with E-state index in [2.05, 4.69) is 22.9 Å². The molecule has 0 bridgehead atoms. The Hall–Kier alpha value is -1.30. The predicted molar refractivity (Wildman–Crippen MR) is 77.6 cm³/mol. The quantitative estimate of drug-likeness (QED) is 0.504. The molecule has 0 aromatic rings. The number of aliphatic carboxylic acids is 1. The summed E-state index contributed by atoms with van der Waals surface area (Å²) in [5, 5.41) is 17.8. The first-order chi connectivity index (χ1) is 9.63. The average Bonchev–Trinajstić information content (AvgIpc) is 2.45. The lowest BCUT2D eigenvalue weighted by molar-refractivity contribution is -0.143. The third-order valence-corrected chi connectivity index (χ3v) is 3.81. The summed E-state index contributed by atoms with van der Waals surface area (Å²) in [6, 6.07) is -0.123. The molecule has 0 aliphatic heterocycles. The minimum absolute atomic E-state index is 0.123. The summed E-state index contributed by atoms with van der Waals surface area (Å²) in [6.07, 6.45) is 4.15. The number of carbonyl (C=O) groups is 2. The van der Waals surface area contributed by atoms with Crippen molar-refractivity contribution in [3.05, 3.63) is 0 Å². The Kier molecular flexibility index (Phi) is 8.02. The van der Waals surface area contributed by atoms with Crippen LogP contribution >= 0.6 is 0 Å². The van der Waals surface area contributed by atoms with E-state index in [1.807, 2.05) is 0 Å². The topological polar surface area (TPSA) is 90.5 Å². The fourth-order valence-corrected chi connectivity index (χ4v) is 2.51. The van der Waals surface area contributed by atoms with Gasteiger partial charge in [0.25, 0.3) is 0 Å². The van der Waals surface area contributed by atoms with Crippen molar-refractivity contribution in [2.45, 2.75) is 39.0 Å². The van der Waals surface area contributed by atoms with E-state index in [1.165, 1.54) is 0 Å². The van der Waals surface area contributed by atoms with Gasteiger partial charge in [0.2, 0.25) is 0 Å². The molecule has 0 atom stereocenters. The number of hydrogen-bond donors (Lipinski definition) is 4. The van der Waals surface area contributed by atoms with Crippen molar-refractivity contribution >= 4 is 12.0 Å². The Labute approximate surface area is 120 Å². The summed E-state index contributed by atoms with van der Waals surface area (Å²) in [5.74, 6) is -0.459. The third kappa shape index (κ3) is 6.75. The van der Waals surface area contributed by atoms with Gasteiger partial charge in [-0.1, -0.05) is 6.92 Å². The van der Waals surface area contributed by atoms with Crippen LogP contribution in [0.4, 0.5) is 4.79 Å². The highest BCUT2D eigenvalue weighted by molar-refractivity contribution is 5.73. The predicted octanol–water partition coefficient (Wildman–Crippen LogP) is 1.18. The van der Waals surface area contributed by atoms with Gasteiger partial charge in [0.15, 0.2) is 0 Å². The normalized spacial score (nSPS) is 22.2. The summed E-state index contributed by atoms with van der Waals surface area (Å²) in [5.41, 5.74) is 0. The minimum Gasteiger partial charge on any atom is -0.481 e.